The van der Waals surface area contributed by atoms with E-state index in [1.54, 1.807) is 6.92 Å². The van der Waals surface area contributed by atoms with Crippen LogP contribution in [0.15, 0.2) is 42.2 Å². The van der Waals surface area contributed by atoms with Gasteiger partial charge in [-0.3, -0.25) is 4.79 Å². The van der Waals surface area contributed by atoms with Crippen LogP contribution in [0.4, 0.5) is 0 Å². The predicted molar refractivity (Wildman–Crippen MR) is 81.0 cm³/mol. The summed E-state index contributed by atoms with van der Waals surface area (Å²) >= 11 is 0. The van der Waals surface area contributed by atoms with Gasteiger partial charge in [-0.05, 0) is 31.6 Å². The van der Waals surface area contributed by atoms with E-state index in [-0.39, 0.29) is 5.78 Å². The molecule has 5 heteroatoms. The molecule has 0 saturated heterocycles. The van der Waals surface area contributed by atoms with Gasteiger partial charge in [0.25, 0.3) is 0 Å². The first-order chi connectivity index (χ1) is 9.97. The second-order valence-electron chi connectivity index (χ2n) is 5.04. The monoisotopic (exact) mass is 286 g/mol. The molecule has 1 aromatic carbocycles. The molecule has 0 amide bonds. The van der Waals surface area contributed by atoms with E-state index in [4.69, 9.17) is 0 Å². The zero-order chi connectivity index (χ0) is 15.4. The molecular formula is C16H18N2O3. The summed E-state index contributed by atoms with van der Waals surface area (Å²) in [5.41, 5.74) is 2.46. The zero-order valence-electron chi connectivity index (χ0n) is 12.0. The number of para-hydroxylation sites is 1. The highest BCUT2D eigenvalue weighted by Crippen LogP contribution is 2.19. The average molecular weight is 286 g/mol. The summed E-state index contributed by atoms with van der Waals surface area (Å²) < 4.78 is 0. The molecule has 0 spiro atoms. The summed E-state index contributed by atoms with van der Waals surface area (Å²) in [5, 5.41) is 13.2. The molecular weight excluding hydrogens is 268 g/mol. The van der Waals surface area contributed by atoms with Gasteiger partial charge >= 0.3 is 5.97 Å². The lowest BCUT2D eigenvalue weighted by atomic mass is 10.0. The van der Waals surface area contributed by atoms with Crippen molar-refractivity contribution in [2.75, 3.05) is 0 Å². The minimum atomic E-state index is -0.948. The highest BCUT2D eigenvalue weighted by Gasteiger charge is 2.19. The van der Waals surface area contributed by atoms with Crippen molar-refractivity contribution in [3.8, 4) is 0 Å². The Hall–Kier alpha value is -2.56. The number of ketones is 1. The highest BCUT2D eigenvalue weighted by molar-refractivity contribution is 5.88. The van der Waals surface area contributed by atoms with E-state index < -0.39 is 12.0 Å². The lowest BCUT2D eigenvalue weighted by Crippen LogP contribution is -2.37. The van der Waals surface area contributed by atoms with Crippen LogP contribution in [0.5, 0.6) is 0 Å². The van der Waals surface area contributed by atoms with Crippen LogP contribution in [0.3, 0.4) is 0 Å². The number of fused-ring (bicyclic) bond motifs is 1. The highest BCUT2D eigenvalue weighted by atomic mass is 16.4. The van der Waals surface area contributed by atoms with Crippen LogP contribution in [0.25, 0.3) is 10.9 Å². The molecule has 21 heavy (non-hydrogen) atoms. The quantitative estimate of drug-likeness (QED) is 0.711. The van der Waals surface area contributed by atoms with Crippen LogP contribution in [0.1, 0.15) is 19.4 Å². The van der Waals surface area contributed by atoms with E-state index in [1.807, 2.05) is 30.5 Å². The molecule has 2 rings (SSSR count). The van der Waals surface area contributed by atoms with Gasteiger partial charge < -0.3 is 15.4 Å². The van der Waals surface area contributed by atoms with E-state index in [9.17, 15) is 14.7 Å². The van der Waals surface area contributed by atoms with Crippen molar-refractivity contribution in [1.29, 1.82) is 0 Å². The Morgan fingerprint density at radius 3 is 2.71 bits per heavy atom. The van der Waals surface area contributed by atoms with Crippen molar-refractivity contribution >= 4 is 22.7 Å². The Bertz CT molecular complexity index is 700. The molecule has 110 valence electrons. The van der Waals surface area contributed by atoms with Crippen molar-refractivity contribution in [2.45, 2.75) is 26.3 Å². The lowest BCUT2D eigenvalue weighted by molar-refractivity contribution is -0.139. The molecule has 0 aliphatic carbocycles. The molecule has 0 fully saturated rings. The Labute approximate surface area is 122 Å². The normalized spacial score (nSPS) is 13.1. The number of carbonyl (C=O) groups excluding carboxylic acids is 1. The number of H-pyrrole nitrogens is 1. The SMILES string of the molecule is CC(=O)/C=C(\C)N[C@@H](Cc1c[nH]c2ccccc12)C(=O)O. The van der Waals surface area contributed by atoms with Crippen LogP contribution in [0, 0.1) is 0 Å². The number of carbonyl (C=O) groups is 2. The third-order valence-corrected chi connectivity index (χ3v) is 3.22. The summed E-state index contributed by atoms with van der Waals surface area (Å²) in [6, 6.07) is 6.97. The van der Waals surface area contributed by atoms with E-state index in [0.717, 1.165) is 16.5 Å². The number of nitrogens with one attached hydrogen (secondary N) is 2. The Morgan fingerprint density at radius 2 is 2.05 bits per heavy atom. The second kappa shape index (κ2) is 6.26. The largest absolute Gasteiger partial charge is 0.480 e. The maximum atomic E-state index is 11.4. The molecule has 0 radical (unpaired) electrons. The van der Waals surface area contributed by atoms with Gasteiger partial charge in [0.2, 0.25) is 0 Å². The molecule has 3 N–H and O–H groups in total. The lowest BCUT2D eigenvalue weighted by Gasteiger charge is -2.15. The molecule has 0 aliphatic heterocycles. The molecule has 2 aromatic rings. The number of rotatable bonds is 6. The van der Waals surface area contributed by atoms with Crippen molar-refractivity contribution in [2.24, 2.45) is 0 Å². The second-order valence-corrected chi connectivity index (χ2v) is 5.04. The fraction of sp³-hybridized carbons (Fsp3) is 0.250. The minimum absolute atomic E-state index is 0.115. The van der Waals surface area contributed by atoms with Crippen LogP contribution >= 0.6 is 0 Å². The van der Waals surface area contributed by atoms with Gasteiger partial charge in [-0.25, -0.2) is 4.79 Å². The molecule has 1 aromatic heterocycles. The van der Waals surface area contributed by atoms with E-state index in [0.29, 0.717) is 12.1 Å². The first kappa shape index (κ1) is 14.8. The van der Waals surface area contributed by atoms with Crippen molar-refractivity contribution in [1.82, 2.24) is 10.3 Å². The van der Waals surface area contributed by atoms with Crippen LogP contribution in [0.2, 0.25) is 0 Å². The topological polar surface area (TPSA) is 82.2 Å². The summed E-state index contributed by atoms with van der Waals surface area (Å²) in [7, 11) is 0. The van der Waals surface area contributed by atoms with Crippen LogP contribution in [-0.2, 0) is 16.0 Å². The molecule has 0 saturated carbocycles. The Kier molecular flexibility index (Phi) is 4.42. The van der Waals surface area contributed by atoms with Crippen LogP contribution < -0.4 is 5.32 Å². The molecule has 1 heterocycles. The third-order valence-electron chi connectivity index (χ3n) is 3.22. The fourth-order valence-corrected chi connectivity index (χ4v) is 2.34. The summed E-state index contributed by atoms with van der Waals surface area (Å²) in [5.74, 6) is -1.06. The van der Waals surface area contributed by atoms with Crippen molar-refractivity contribution in [3.63, 3.8) is 0 Å². The number of carboxylic acids is 1. The number of carboxylic acid groups (broad SMARTS) is 1. The first-order valence-corrected chi connectivity index (χ1v) is 6.70. The number of aromatic amines is 1. The van der Waals surface area contributed by atoms with Crippen molar-refractivity contribution in [3.05, 3.63) is 47.8 Å². The number of hydrogen-bond acceptors (Lipinski definition) is 3. The van der Waals surface area contributed by atoms with Gasteiger partial charge in [0.1, 0.15) is 6.04 Å². The number of allylic oxidation sites excluding steroid dienone is 2. The average Bonchev–Trinajstić information content (AvgIpc) is 2.80. The predicted octanol–water partition coefficient (Wildman–Crippen LogP) is 2.25. The van der Waals surface area contributed by atoms with Crippen LogP contribution in [-0.4, -0.2) is 27.9 Å². The zero-order valence-corrected chi connectivity index (χ0v) is 12.0. The maximum Gasteiger partial charge on any atom is 0.326 e. The van der Waals surface area contributed by atoms with Gasteiger partial charge in [-0.2, -0.15) is 0 Å². The molecule has 1 atom stereocenters. The molecule has 0 bridgehead atoms. The van der Waals surface area contributed by atoms with Gasteiger partial charge in [0.05, 0.1) is 0 Å². The number of hydrogen-bond donors (Lipinski definition) is 3. The standard InChI is InChI=1S/C16H18N2O3/c1-10(7-11(2)19)18-15(16(20)21)8-12-9-17-14-6-4-3-5-13(12)14/h3-7,9,15,17-18H,8H2,1-2H3,(H,20,21)/b10-7+/t15-/m0/s1. The van der Waals surface area contributed by atoms with E-state index in [1.165, 1.54) is 13.0 Å². The van der Waals surface area contributed by atoms with Gasteiger partial charge in [0.15, 0.2) is 5.78 Å². The summed E-state index contributed by atoms with van der Waals surface area (Å²) in [6.07, 6.45) is 3.56. The number of aliphatic carboxylic acids is 1. The Morgan fingerprint density at radius 1 is 1.33 bits per heavy atom. The molecule has 0 aliphatic rings. The molecule has 5 nitrogen and oxygen atoms in total. The minimum Gasteiger partial charge on any atom is -0.480 e. The third kappa shape index (κ3) is 3.72. The van der Waals surface area contributed by atoms with Crippen molar-refractivity contribution < 1.29 is 14.7 Å². The number of benzene rings is 1. The smallest absolute Gasteiger partial charge is 0.326 e. The van der Waals surface area contributed by atoms with Gasteiger partial charge in [-0.15, -0.1) is 0 Å². The van der Waals surface area contributed by atoms with Gasteiger partial charge in [0, 0.05) is 29.2 Å². The first-order valence-electron chi connectivity index (χ1n) is 6.70. The van der Waals surface area contributed by atoms with E-state index >= 15 is 0 Å². The maximum absolute atomic E-state index is 11.4. The molecule has 0 unspecified atom stereocenters. The Balaban J connectivity index is 2.20. The van der Waals surface area contributed by atoms with E-state index in [2.05, 4.69) is 10.3 Å². The number of aromatic nitrogens is 1. The van der Waals surface area contributed by atoms with Gasteiger partial charge in [-0.1, -0.05) is 18.2 Å². The summed E-state index contributed by atoms with van der Waals surface area (Å²) in [6.45, 7) is 3.12. The summed E-state index contributed by atoms with van der Waals surface area (Å²) in [4.78, 5) is 25.6. The fourth-order valence-electron chi connectivity index (χ4n) is 2.34.